The Morgan fingerprint density at radius 2 is 1.96 bits per heavy atom. The van der Waals surface area contributed by atoms with Crippen molar-refractivity contribution in [1.29, 1.82) is 0 Å². The molecule has 1 heterocycles. The highest BCUT2D eigenvalue weighted by Gasteiger charge is 2.32. The molecule has 0 bridgehead atoms. The molecule has 1 atom stereocenters. The van der Waals surface area contributed by atoms with E-state index in [1.165, 1.54) is 0 Å². The van der Waals surface area contributed by atoms with Crippen LogP contribution in [0.5, 0.6) is 0 Å². The number of hydrogen-bond acceptors (Lipinski definition) is 3. The molecule has 6 heteroatoms. The van der Waals surface area contributed by atoms with Crippen LogP contribution in [0.25, 0.3) is 0 Å². The van der Waals surface area contributed by atoms with Crippen molar-refractivity contribution < 1.29 is 14.4 Å². The molecule has 1 aromatic carbocycles. The molecule has 1 aliphatic rings. The quantitative estimate of drug-likeness (QED) is 0.831. The molecular formula is C17H23N3O3. The Kier molecular flexibility index (Phi) is 5.73. The summed E-state index contributed by atoms with van der Waals surface area (Å²) in [7, 11) is 0. The predicted molar refractivity (Wildman–Crippen MR) is 87.6 cm³/mol. The Morgan fingerprint density at radius 1 is 1.26 bits per heavy atom. The normalized spacial score (nSPS) is 17.1. The van der Waals surface area contributed by atoms with Crippen LogP contribution in [0, 0.1) is 0 Å². The zero-order valence-corrected chi connectivity index (χ0v) is 13.4. The Balaban J connectivity index is 1.94. The van der Waals surface area contributed by atoms with Crippen LogP contribution in [0.15, 0.2) is 24.3 Å². The average molecular weight is 317 g/mol. The summed E-state index contributed by atoms with van der Waals surface area (Å²) in [5.41, 5.74) is 6.90. The zero-order valence-electron chi connectivity index (χ0n) is 13.4. The molecule has 1 aromatic rings. The highest BCUT2D eigenvalue weighted by Crippen LogP contribution is 2.19. The van der Waals surface area contributed by atoms with Crippen molar-refractivity contribution in [2.75, 3.05) is 11.9 Å². The average Bonchev–Trinajstić information content (AvgIpc) is 2.99. The second kappa shape index (κ2) is 7.76. The molecule has 6 nitrogen and oxygen atoms in total. The first-order valence-corrected chi connectivity index (χ1v) is 7.99. The van der Waals surface area contributed by atoms with Crippen LogP contribution in [-0.4, -0.2) is 35.2 Å². The van der Waals surface area contributed by atoms with E-state index in [1.54, 1.807) is 17.0 Å². The molecule has 0 radical (unpaired) electrons. The molecule has 1 saturated heterocycles. The summed E-state index contributed by atoms with van der Waals surface area (Å²) in [6.45, 7) is 2.53. The summed E-state index contributed by atoms with van der Waals surface area (Å²) in [4.78, 5) is 36.8. The van der Waals surface area contributed by atoms with Gasteiger partial charge in [0.25, 0.3) is 0 Å². The lowest BCUT2D eigenvalue weighted by atomic mass is 10.1. The third-order valence-corrected chi connectivity index (χ3v) is 3.97. The van der Waals surface area contributed by atoms with Gasteiger partial charge < -0.3 is 16.0 Å². The summed E-state index contributed by atoms with van der Waals surface area (Å²) in [5, 5.41) is 2.81. The SMILES string of the molecule is CCCC(=O)Nc1ccc(CC(=O)N2CCC[C@H]2C(N)=O)cc1. The monoisotopic (exact) mass is 317 g/mol. The number of carbonyl (C=O) groups excluding carboxylic acids is 3. The number of hydrogen-bond donors (Lipinski definition) is 2. The number of likely N-dealkylation sites (tertiary alicyclic amines) is 1. The Morgan fingerprint density at radius 3 is 2.57 bits per heavy atom. The highest BCUT2D eigenvalue weighted by molar-refractivity contribution is 5.91. The maximum absolute atomic E-state index is 12.3. The number of rotatable bonds is 6. The number of carbonyl (C=O) groups is 3. The third kappa shape index (κ3) is 4.55. The fourth-order valence-corrected chi connectivity index (χ4v) is 2.79. The van der Waals surface area contributed by atoms with Gasteiger partial charge in [-0.1, -0.05) is 19.1 Å². The third-order valence-electron chi connectivity index (χ3n) is 3.97. The van der Waals surface area contributed by atoms with Gasteiger partial charge in [0.05, 0.1) is 6.42 Å². The van der Waals surface area contributed by atoms with E-state index in [-0.39, 0.29) is 18.2 Å². The van der Waals surface area contributed by atoms with Gasteiger partial charge in [0.1, 0.15) is 6.04 Å². The number of nitrogens with one attached hydrogen (secondary N) is 1. The van der Waals surface area contributed by atoms with Crippen molar-refractivity contribution in [3.63, 3.8) is 0 Å². The highest BCUT2D eigenvalue weighted by atomic mass is 16.2. The van der Waals surface area contributed by atoms with Crippen LogP contribution >= 0.6 is 0 Å². The van der Waals surface area contributed by atoms with Crippen molar-refractivity contribution in [1.82, 2.24) is 4.90 Å². The minimum Gasteiger partial charge on any atom is -0.368 e. The smallest absolute Gasteiger partial charge is 0.240 e. The maximum Gasteiger partial charge on any atom is 0.240 e. The van der Waals surface area contributed by atoms with E-state index in [2.05, 4.69) is 5.32 Å². The second-order valence-electron chi connectivity index (χ2n) is 5.82. The molecule has 2 rings (SSSR count). The van der Waals surface area contributed by atoms with Crippen LogP contribution in [-0.2, 0) is 20.8 Å². The first kappa shape index (κ1) is 17.0. The van der Waals surface area contributed by atoms with Gasteiger partial charge in [-0.25, -0.2) is 0 Å². The molecule has 1 aliphatic heterocycles. The van der Waals surface area contributed by atoms with Gasteiger partial charge in [-0.2, -0.15) is 0 Å². The van der Waals surface area contributed by atoms with Crippen LogP contribution in [0.1, 0.15) is 38.2 Å². The van der Waals surface area contributed by atoms with Gasteiger partial charge in [0, 0.05) is 18.7 Å². The van der Waals surface area contributed by atoms with Gasteiger partial charge in [0.15, 0.2) is 0 Å². The Bertz CT molecular complexity index is 583. The maximum atomic E-state index is 12.3. The number of benzene rings is 1. The van der Waals surface area contributed by atoms with Crippen molar-refractivity contribution in [2.24, 2.45) is 5.73 Å². The summed E-state index contributed by atoms with van der Waals surface area (Å²) < 4.78 is 0. The van der Waals surface area contributed by atoms with Gasteiger partial charge in [0.2, 0.25) is 17.7 Å². The van der Waals surface area contributed by atoms with Gasteiger partial charge in [-0.05, 0) is 37.0 Å². The molecule has 3 N–H and O–H groups in total. The molecule has 1 fully saturated rings. The minimum atomic E-state index is -0.477. The largest absolute Gasteiger partial charge is 0.368 e. The standard InChI is InChI=1S/C17H23N3O3/c1-2-4-15(21)19-13-8-6-12(7-9-13)11-16(22)20-10-3-5-14(20)17(18)23/h6-9,14H,2-5,10-11H2,1H3,(H2,18,23)(H,19,21)/t14-/m0/s1. The summed E-state index contributed by atoms with van der Waals surface area (Å²) in [5.74, 6) is -0.545. The Labute approximate surface area is 136 Å². The summed E-state index contributed by atoms with van der Waals surface area (Å²) >= 11 is 0. The van der Waals surface area contributed by atoms with E-state index < -0.39 is 11.9 Å². The lowest BCUT2D eigenvalue weighted by Crippen LogP contribution is -2.44. The number of nitrogens with two attached hydrogens (primary N) is 1. The summed E-state index contributed by atoms with van der Waals surface area (Å²) in [6.07, 6.45) is 2.97. The van der Waals surface area contributed by atoms with Crippen LogP contribution in [0.4, 0.5) is 5.69 Å². The van der Waals surface area contributed by atoms with Crippen LogP contribution in [0.2, 0.25) is 0 Å². The van der Waals surface area contributed by atoms with E-state index in [1.807, 2.05) is 19.1 Å². The van der Waals surface area contributed by atoms with Gasteiger partial charge in [-0.3, -0.25) is 14.4 Å². The molecule has 0 unspecified atom stereocenters. The molecule has 124 valence electrons. The topological polar surface area (TPSA) is 92.5 Å². The summed E-state index contributed by atoms with van der Waals surface area (Å²) in [6, 6.07) is 6.72. The van der Waals surface area contributed by atoms with Crippen molar-refractivity contribution in [2.45, 2.75) is 45.1 Å². The fourth-order valence-electron chi connectivity index (χ4n) is 2.79. The predicted octanol–water partition coefficient (Wildman–Crippen LogP) is 1.44. The van der Waals surface area contributed by atoms with E-state index in [0.29, 0.717) is 19.4 Å². The molecule has 3 amide bonds. The molecule has 0 spiro atoms. The molecule has 23 heavy (non-hydrogen) atoms. The van der Waals surface area contributed by atoms with E-state index in [0.717, 1.165) is 24.1 Å². The molecule has 0 aliphatic carbocycles. The number of amides is 3. The number of primary amides is 1. The van der Waals surface area contributed by atoms with Gasteiger partial charge in [-0.15, -0.1) is 0 Å². The second-order valence-corrected chi connectivity index (χ2v) is 5.82. The lowest BCUT2D eigenvalue weighted by Gasteiger charge is -2.22. The van der Waals surface area contributed by atoms with Crippen molar-refractivity contribution in [3.05, 3.63) is 29.8 Å². The number of nitrogens with zero attached hydrogens (tertiary/aromatic N) is 1. The Hall–Kier alpha value is -2.37. The lowest BCUT2D eigenvalue weighted by molar-refractivity contribution is -0.136. The molecule has 0 aromatic heterocycles. The van der Waals surface area contributed by atoms with E-state index in [4.69, 9.17) is 5.73 Å². The van der Waals surface area contributed by atoms with Crippen molar-refractivity contribution >= 4 is 23.4 Å². The fraction of sp³-hybridized carbons (Fsp3) is 0.471. The molecule has 0 saturated carbocycles. The van der Waals surface area contributed by atoms with Gasteiger partial charge >= 0.3 is 0 Å². The van der Waals surface area contributed by atoms with E-state index >= 15 is 0 Å². The molecular weight excluding hydrogens is 294 g/mol. The van der Waals surface area contributed by atoms with Crippen molar-refractivity contribution in [3.8, 4) is 0 Å². The van der Waals surface area contributed by atoms with Crippen LogP contribution < -0.4 is 11.1 Å². The minimum absolute atomic E-state index is 0.0160. The first-order chi connectivity index (χ1) is 11.0. The zero-order chi connectivity index (χ0) is 16.8. The number of anilines is 1. The van der Waals surface area contributed by atoms with E-state index in [9.17, 15) is 14.4 Å². The first-order valence-electron chi connectivity index (χ1n) is 7.99. The van der Waals surface area contributed by atoms with Crippen LogP contribution in [0.3, 0.4) is 0 Å².